The number of rotatable bonds is 2. The highest BCUT2D eigenvalue weighted by molar-refractivity contribution is 6.00. The van der Waals surface area contributed by atoms with Gasteiger partial charge in [0.1, 0.15) is 5.52 Å². The molecule has 0 spiro atoms. The van der Waals surface area contributed by atoms with E-state index in [0.29, 0.717) is 30.4 Å². The number of aromatic carboxylic acids is 1. The fraction of sp³-hybridized carbons (Fsp3) is 0.385. The van der Waals surface area contributed by atoms with E-state index in [4.69, 9.17) is 5.11 Å². The first kappa shape index (κ1) is 12.6. The first-order valence-corrected chi connectivity index (χ1v) is 6.39. The zero-order chi connectivity index (χ0) is 14.3. The van der Waals surface area contributed by atoms with Crippen molar-refractivity contribution >= 4 is 22.9 Å². The van der Waals surface area contributed by atoms with Crippen molar-refractivity contribution in [2.24, 2.45) is 0 Å². The second kappa shape index (κ2) is 4.59. The lowest BCUT2D eigenvalue weighted by Crippen LogP contribution is -2.38. The van der Waals surface area contributed by atoms with E-state index in [2.05, 4.69) is 10.3 Å². The molecule has 1 unspecified atom stereocenters. The molecule has 1 N–H and O–H groups in total. The van der Waals surface area contributed by atoms with Crippen LogP contribution in [0.4, 0.5) is 0 Å². The van der Waals surface area contributed by atoms with Crippen molar-refractivity contribution in [3.63, 3.8) is 0 Å². The van der Waals surface area contributed by atoms with Gasteiger partial charge in [-0.2, -0.15) is 0 Å². The number of benzene rings is 1. The molecule has 7 heteroatoms. The molecule has 20 heavy (non-hydrogen) atoms. The lowest BCUT2D eigenvalue weighted by atomic mass is 10.1. The molecule has 1 aliphatic rings. The van der Waals surface area contributed by atoms with E-state index >= 15 is 0 Å². The number of amides is 1. The van der Waals surface area contributed by atoms with Gasteiger partial charge >= 0.3 is 5.97 Å². The molecule has 1 atom stereocenters. The Labute approximate surface area is 114 Å². The number of likely N-dealkylation sites (N-methyl/N-ethyl adjacent to an activating group) is 1. The van der Waals surface area contributed by atoms with Crippen molar-refractivity contribution in [2.45, 2.75) is 18.9 Å². The zero-order valence-electron chi connectivity index (χ0n) is 11.0. The van der Waals surface area contributed by atoms with Crippen molar-refractivity contribution in [3.05, 3.63) is 23.8 Å². The minimum atomic E-state index is -1.02. The Morgan fingerprint density at radius 2 is 2.25 bits per heavy atom. The fourth-order valence-electron chi connectivity index (χ4n) is 2.59. The van der Waals surface area contributed by atoms with E-state index in [9.17, 15) is 9.59 Å². The molecule has 7 nitrogen and oxygen atoms in total. The maximum Gasteiger partial charge on any atom is 0.338 e. The molecule has 0 saturated carbocycles. The monoisotopic (exact) mass is 274 g/mol. The first-order valence-electron chi connectivity index (χ1n) is 6.39. The number of likely N-dealkylation sites (tertiary alicyclic amines) is 1. The van der Waals surface area contributed by atoms with Gasteiger partial charge in [-0.25, -0.2) is 9.48 Å². The third kappa shape index (κ3) is 1.91. The maximum atomic E-state index is 11.5. The smallest absolute Gasteiger partial charge is 0.338 e. The van der Waals surface area contributed by atoms with Crippen LogP contribution in [0.2, 0.25) is 0 Å². The van der Waals surface area contributed by atoms with Gasteiger partial charge in [0, 0.05) is 20.0 Å². The minimum Gasteiger partial charge on any atom is -0.478 e. The largest absolute Gasteiger partial charge is 0.478 e. The number of carboxylic acid groups (broad SMARTS) is 1. The SMILES string of the molecule is CN1CC(n2nnc3c(C(=O)O)cccc32)CCC1=O. The highest BCUT2D eigenvalue weighted by Gasteiger charge is 2.26. The summed E-state index contributed by atoms with van der Waals surface area (Å²) in [6.45, 7) is 0.564. The van der Waals surface area contributed by atoms with Gasteiger partial charge in [-0.05, 0) is 18.6 Å². The van der Waals surface area contributed by atoms with Gasteiger partial charge in [0.05, 0.1) is 17.1 Å². The molecule has 2 aromatic rings. The van der Waals surface area contributed by atoms with Gasteiger partial charge in [0.15, 0.2) is 0 Å². The Balaban J connectivity index is 2.03. The number of hydrogen-bond acceptors (Lipinski definition) is 4. The summed E-state index contributed by atoms with van der Waals surface area (Å²) in [5.74, 6) is -0.893. The van der Waals surface area contributed by atoms with Gasteiger partial charge in [-0.3, -0.25) is 4.79 Å². The van der Waals surface area contributed by atoms with Crippen LogP contribution in [-0.2, 0) is 4.79 Å². The van der Waals surface area contributed by atoms with Crippen LogP contribution in [0.5, 0.6) is 0 Å². The normalized spacial score (nSPS) is 19.6. The van der Waals surface area contributed by atoms with Gasteiger partial charge in [0.25, 0.3) is 0 Å². The van der Waals surface area contributed by atoms with E-state index in [1.54, 1.807) is 28.8 Å². The summed E-state index contributed by atoms with van der Waals surface area (Å²) in [7, 11) is 1.76. The number of carbonyl (C=O) groups is 2. The lowest BCUT2D eigenvalue weighted by Gasteiger charge is -2.29. The average Bonchev–Trinajstić information content (AvgIpc) is 2.85. The third-order valence-corrected chi connectivity index (χ3v) is 3.68. The third-order valence-electron chi connectivity index (χ3n) is 3.68. The van der Waals surface area contributed by atoms with Crippen molar-refractivity contribution in [1.82, 2.24) is 19.9 Å². The van der Waals surface area contributed by atoms with Crippen LogP contribution in [0, 0.1) is 0 Å². The Morgan fingerprint density at radius 3 is 2.95 bits per heavy atom. The molecule has 0 aliphatic carbocycles. The van der Waals surface area contributed by atoms with Crippen molar-refractivity contribution in [3.8, 4) is 0 Å². The molecule has 3 rings (SSSR count). The van der Waals surface area contributed by atoms with E-state index in [1.807, 2.05) is 0 Å². The summed E-state index contributed by atoms with van der Waals surface area (Å²) >= 11 is 0. The Bertz CT molecular complexity index is 694. The first-order chi connectivity index (χ1) is 9.58. The predicted molar refractivity (Wildman–Crippen MR) is 70.4 cm³/mol. The van der Waals surface area contributed by atoms with Gasteiger partial charge < -0.3 is 10.0 Å². The molecule has 0 bridgehead atoms. The molecule has 1 amide bonds. The summed E-state index contributed by atoms with van der Waals surface area (Å²) < 4.78 is 1.73. The van der Waals surface area contributed by atoms with Gasteiger partial charge in [-0.15, -0.1) is 5.10 Å². The van der Waals surface area contributed by atoms with E-state index < -0.39 is 5.97 Å². The summed E-state index contributed by atoms with van der Waals surface area (Å²) in [4.78, 5) is 24.4. The molecule has 1 fully saturated rings. The Kier molecular flexibility index (Phi) is 2.89. The van der Waals surface area contributed by atoms with Crippen LogP contribution in [0.15, 0.2) is 18.2 Å². The number of hydrogen-bond donors (Lipinski definition) is 1. The topological polar surface area (TPSA) is 88.3 Å². The molecule has 1 aliphatic heterocycles. The lowest BCUT2D eigenvalue weighted by molar-refractivity contribution is -0.133. The average molecular weight is 274 g/mol. The molecule has 1 aromatic heterocycles. The van der Waals surface area contributed by atoms with Crippen LogP contribution >= 0.6 is 0 Å². The van der Waals surface area contributed by atoms with Gasteiger partial charge in [-0.1, -0.05) is 11.3 Å². The summed E-state index contributed by atoms with van der Waals surface area (Å²) in [6.07, 6.45) is 1.17. The van der Waals surface area contributed by atoms with Crippen molar-refractivity contribution in [1.29, 1.82) is 0 Å². The number of carboxylic acids is 1. The maximum absolute atomic E-state index is 11.5. The second-order valence-electron chi connectivity index (χ2n) is 4.98. The van der Waals surface area contributed by atoms with Crippen molar-refractivity contribution in [2.75, 3.05) is 13.6 Å². The van der Waals surface area contributed by atoms with Crippen LogP contribution in [0.3, 0.4) is 0 Å². The van der Waals surface area contributed by atoms with E-state index in [1.165, 1.54) is 6.07 Å². The fourth-order valence-corrected chi connectivity index (χ4v) is 2.59. The van der Waals surface area contributed by atoms with Crippen molar-refractivity contribution < 1.29 is 14.7 Å². The number of carbonyl (C=O) groups excluding carboxylic acids is 1. The van der Waals surface area contributed by atoms with Crippen LogP contribution in [-0.4, -0.2) is 50.5 Å². The number of nitrogens with zero attached hydrogens (tertiary/aromatic N) is 4. The molecule has 104 valence electrons. The molecular formula is C13H14N4O3. The molecule has 0 radical (unpaired) electrons. The summed E-state index contributed by atoms with van der Waals surface area (Å²) in [5.41, 5.74) is 1.23. The minimum absolute atomic E-state index is 0.0340. The standard InChI is InChI=1S/C13H14N4O3/c1-16-7-8(5-6-11(16)18)17-10-4-2-3-9(13(19)20)12(10)14-15-17/h2-4,8H,5-7H2,1H3,(H,19,20). The van der Waals surface area contributed by atoms with Crippen LogP contribution < -0.4 is 0 Å². The second-order valence-corrected chi connectivity index (χ2v) is 4.98. The summed E-state index contributed by atoms with van der Waals surface area (Å²) in [5, 5.41) is 17.2. The molecule has 1 aromatic carbocycles. The Morgan fingerprint density at radius 1 is 1.45 bits per heavy atom. The summed E-state index contributed by atoms with van der Waals surface area (Å²) in [6, 6.07) is 5.04. The number of aromatic nitrogens is 3. The van der Waals surface area contributed by atoms with E-state index in [-0.39, 0.29) is 17.5 Å². The number of piperidine rings is 1. The predicted octanol–water partition coefficient (Wildman–Crippen LogP) is 0.923. The zero-order valence-corrected chi connectivity index (χ0v) is 11.0. The van der Waals surface area contributed by atoms with Crippen LogP contribution in [0.1, 0.15) is 29.2 Å². The van der Waals surface area contributed by atoms with Crippen LogP contribution in [0.25, 0.3) is 11.0 Å². The van der Waals surface area contributed by atoms with E-state index in [0.717, 1.165) is 0 Å². The molecular weight excluding hydrogens is 260 g/mol. The molecule has 2 heterocycles. The molecule has 1 saturated heterocycles. The quantitative estimate of drug-likeness (QED) is 0.879. The highest BCUT2D eigenvalue weighted by atomic mass is 16.4. The highest BCUT2D eigenvalue weighted by Crippen LogP contribution is 2.25. The number of fused-ring (bicyclic) bond motifs is 1. The Hall–Kier alpha value is -2.44. The van der Waals surface area contributed by atoms with Gasteiger partial charge in [0.2, 0.25) is 5.91 Å².